The second kappa shape index (κ2) is 5.49. The first-order valence-electron chi connectivity index (χ1n) is 7.66. The van der Waals surface area contributed by atoms with E-state index in [9.17, 15) is 0 Å². The summed E-state index contributed by atoms with van der Waals surface area (Å²) in [5.41, 5.74) is 4.18. The van der Waals surface area contributed by atoms with E-state index in [1.807, 2.05) is 0 Å². The zero-order chi connectivity index (χ0) is 14.1. The minimum atomic E-state index is 0.506. The highest BCUT2D eigenvalue weighted by atomic mass is 16.5. The first-order chi connectivity index (χ1) is 9.70. The summed E-state index contributed by atoms with van der Waals surface area (Å²) in [7, 11) is 2.14. The molecule has 108 valence electrons. The minimum absolute atomic E-state index is 0.506. The van der Waals surface area contributed by atoms with E-state index in [0.717, 1.165) is 38.2 Å². The van der Waals surface area contributed by atoms with Crippen molar-refractivity contribution in [1.82, 2.24) is 9.88 Å². The van der Waals surface area contributed by atoms with Crippen LogP contribution in [0, 0.1) is 0 Å². The maximum atomic E-state index is 5.82. The number of benzene rings is 1. The number of rotatable bonds is 4. The van der Waals surface area contributed by atoms with Crippen LogP contribution in [0.4, 0.5) is 0 Å². The highest BCUT2D eigenvalue weighted by Gasteiger charge is 2.19. The van der Waals surface area contributed by atoms with Crippen molar-refractivity contribution >= 4 is 10.9 Å². The van der Waals surface area contributed by atoms with Crippen molar-refractivity contribution in [2.45, 2.75) is 39.2 Å². The van der Waals surface area contributed by atoms with Crippen LogP contribution in [-0.2, 0) is 19.9 Å². The van der Waals surface area contributed by atoms with Gasteiger partial charge in [-0.15, -0.1) is 0 Å². The Labute approximate surface area is 120 Å². The maximum Gasteiger partial charge on any atom is 0.123 e. The first-order valence-corrected chi connectivity index (χ1v) is 7.66. The molecule has 0 spiro atoms. The van der Waals surface area contributed by atoms with Gasteiger partial charge in [0.25, 0.3) is 0 Å². The monoisotopic (exact) mass is 272 g/mol. The second-order valence-corrected chi connectivity index (χ2v) is 5.82. The fourth-order valence-electron chi connectivity index (χ4n) is 3.36. The molecule has 1 aromatic heterocycles. The van der Waals surface area contributed by atoms with Gasteiger partial charge < -0.3 is 14.6 Å². The van der Waals surface area contributed by atoms with E-state index in [-0.39, 0.29) is 0 Å². The van der Waals surface area contributed by atoms with Crippen molar-refractivity contribution in [3.8, 4) is 5.75 Å². The molecular formula is C17H24N2O. The molecule has 1 atom stereocenters. The molecule has 0 fully saturated rings. The van der Waals surface area contributed by atoms with Crippen LogP contribution in [0.3, 0.4) is 0 Å². The van der Waals surface area contributed by atoms with E-state index in [1.165, 1.54) is 22.0 Å². The number of likely N-dealkylation sites (N-methyl/N-ethyl adjacent to an activating group) is 1. The summed E-state index contributed by atoms with van der Waals surface area (Å²) in [4.78, 5) is 0. The van der Waals surface area contributed by atoms with E-state index in [0.29, 0.717) is 6.04 Å². The van der Waals surface area contributed by atoms with E-state index in [2.05, 4.69) is 49.1 Å². The molecule has 0 saturated heterocycles. The zero-order valence-electron chi connectivity index (χ0n) is 12.7. The molecule has 0 amide bonds. The van der Waals surface area contributed by atoms with Crippen molar-refractivity contribution in [2.24, 2.45) is 7.05 Å². The van der Waals surface area contributed by atoms with Crippen molar-refractivity contribution in [3.63, 3.8) is 0 Å². The lowest BCUT2D eigenvalue weighted by atomic mass is 9.97. The van der Waals surface area contributed by atoms with E-state index < -0.39 is 0 Å². The number of nitrogens with one attached hydrogen (secondary N) is 1. The average Bonchev–Trinajstić information content (AvgIpc) is 2.76. The van der Waals surface area contributed by atoms with Gasteiger partial charge in [0.15, 0.2) is 0 Å². The van der Waals surface area contributed by atoms with Crippen molar-refractivity contribution in [1.29, 1.82) is 0 Å². The Kier molecular flexibility index (Phi) is 3.70. The van der Waals surface area contributed by atoms with Gasteiger partial charge in [0.1, 0.15) is 5.75 Å². The summed E-state index contributed by atoms with van der Waals surface area (Å²) in [6, 6.07) is 4.83. The molecule has 1 aromatic carbocycles. The zero-order valence-corrected chi connectivity index (χ0v) is 12.7. The topological polar surface area (TPSA) is 26.2 Å². The summed E-state index contributed by atoms with van der Waals surface area (Å²) >= 11 is 0. The van der Waals surface area contributed by atoms with Gasteiger partial charge in [-0.25, -0.2) is 0 Å². The van der Waals surface area contributed by atoms with Crippen LogP contribution in [-0.4, -0.2) is 23.8 Å². The Bertz CT molecular complexity index is 615. The van der Waals surface area contributed by atoms with E-state index in [4.69, 9.17) is 4.74 Å². The Balaban J connectivity index is 2.07. The molecule has 0 bridgehead atoms. The molecular weight excluding hydrogens is 248 g/mol. The second-order valence-electron chi connectivity index (χ2n) is 5.82. The maximum absolute atomic E-state index is 5.82. The summed E-state index contributed by atoms with van der Waals surface area (Å²) in [6.07, 6.45) is 5.62. The van der Waals surface area contributed by atoms with Crippen molar-refractivity contribution in [2.75, 3.05) is 13.2 Å². The molecule has 0 aliphatic carbocycles. The lowest BCUT2D eigenvalue weighted by Gasteiger charge is -2.19. The molecule has 2 heterocycles. The van der Waals surface area contributed by atoms with Crippen LogP contribution in [0.5, 0.6) is 5.75 Å². The Morgan fingerprint density at radius 3 is 3.05 bits per heavy atom. The standard InChI is InChI=1S/C17H24N2O/c1-4-18-12(2)10-13-11-19(3)15-7-8-16-14(17(13)15)6-5-9-20-16/h7-8,11-12,18H,4-6,9-10H2,1-3H3. The quantitative estimate of drug-likeness (QED) is 0.926. The predicted molar refractivity (Wildman–Crippen MR) is 83.6 cm³/mol. The third-order valence-electron chi connectivity index (χ3n) is 4.21. The van der Waals surface area contributed by atoms with Crippen molar-refractivity contribution < 1.29 is 4.74 Å². The van der Waals surface area contributed by atoms with Gasteiger partial charge in [0.2, 0.25) is 0 Å². The molecule has 1 aliphatic heterocycles. The number of aromatic nitrogens is 1. The fraction of sp³-hybridized carbons (Fsp3) is 0.529. The molecule has 1 aliphatic rings. The predicted octanol–water partition coefficient (Wildman–Crippen LogP) is 3.04. The highest BCUT2D eigenvalue weighted by molar-refractivity contribution is 5.89. The van der Waals surface area contributed by atoms with E-state index in [1.54, 1.807) is 0 Å². The van der Waals surface area contributed by atoms with Crippen LogP contribution < -0.4 is 10.1 Å². The van der Waals surface area contributed by atoms with Crippen LogP contribution in [0.1, 0.15) is 31.4 Å². The lowest BCUT2D eigenvalue weighted by molar-refractivity contribution is 0.289. The molecule has 1 N–H and O–H groups in total. The van der Waals surface area contributed by atoms with Crippen LogP contribution in [0.25, 0.3) is 10.9 Å². The molecule has 20 heavy (non-hydrogen) atoms. The molecule has 0 saturated carbocycles. The van der Waals surface area contributed by atoms with Gasteiger partial charge in [-0.2, -0.15) is 0 Å². The SMILES string of the molecule is CCNC(C)Cc1cn(C)c2ccc3c(c12)CCCO3. The first kappa shape index (κ1) is 13.5. The smallest absolute Gasteiger partial charge is 0.123 e. The summed E-state index contributed by atoms with van der Waals surface area (Å²) in [5, 5.41) is 4.93. The number of aryl methyl sites for hydroxylation is 2. The fourth-order valence-corrected chi connectivity index (χ4v) is 3.36. The summed E-state index contributed by atoms with van der Waals surface area (Å²) in [5.74, 6) is 1.09. The molecule has 2 aromatic rings. The molecule has 3 nitrogen and oxygen atoms in total. The number of fused-ring (bicyclic) bond motifs is 3. The summed E-state index contributed by atoms with van der Waals surface area (Å²) in [6.45, 7) is 6.30. The van der Waals surface area contributed by atoms with Crippen LogP contribution in [0.2, 0.25) is 0 Å². The summed E-state index contributed by atoms with van der Waals surface area (Å²) < 4.78 is 8.07. The number of ether oxygens (including phenoxy) is 1. The van der Waals surface area contributed by atoms with E-state index >= 15 is 0 Å². The largest absolute Gasteiger partial charge is 0.493 e. The van der Waals surface area contributed by atoms with Gasteiger partial charge in [-0.3, -0.25) is 0 Å². The normalized spacial score (nSPS) is 15.9. The minimum Gasteiger partial charge on any atom is -0.493 e. The average molecular weight is 272 g/mol. The Morgan fingerprint density at radius 1 is 1.40 bits per heavy atom. The molecule has 0 radical (unpaired) electrons. The third-order valence-corrected chi connectivity index (χ3v) is 4.21. The highest BCUT2D eigenvalue weighted by Crippen LogP contribution is 2.35. The molecule has 1 unspecified atom stereocenters. The van der Waals surface area contributed by atoms with Gasteiger partial charge in [-0.1, -0.05) is 6.92 Å². The third kappa shape index (κ3) is 2.31. The number of hydrogen-bond donors (Lipinski definition) is 1. The van der Waals surface area contributed by atoms with Gasteiger partial charge >= 0.3 is 0 Å². The molecule has 3 heteroatoms. The Hall–Kier alpha value is -1.48. The van der Waals surface area contributed by atoms with Crippen LogP contribution in [0.15, 0.2) is 18.3 Å². The van der Waals surface area contributed by atoms with Gasteiger partial charge in [0, 0.05) is 35.8 Å². The van der Waals surface area contributed by atoms with Crippen molar-refractivity contribution in [3.05, 3.63) is 29.5 Å². The number of nitrogens with zero attached hydrogens (tertiary/aromatic N) is 1. The lowest BCUT2D eigenvalue weighted by Crippen LogP contribution is -2.27. The van der Waals surface area contributed by atoms with Gasteiger partial charge in [0.05, 0.1) is 6.61 Å². The molecule has 3 rings (SSSR count). The number of hydrogen-bond acceptors (Lipinski definition) is 2. The Morgan fingerprint density at radius 2 is 2.25 bits per heavy atom. The van der Waals surface area contributed by atoms with Gasteiger partial charge in [-0.05, 0) is 50.4 Å². The van der Waals surface area contributed by atoms with Crippen LogP contribution >= 0.6 is 0 Å².